The van der Waals surface area contributed by atoms with Crippen molar-refractivity contribution < 1.29 is 9.13 Å². The molecule has 0 aliphatic carbocycles. The van der Waals surface area contributed by atoms with Gasteiger partial charge in [-0.25, -0.2) is 4.98 Å². The molecule has 0 aromatic carbocycles. The SMILES string of the molecule is COc1cncc(-c2cnc3n[nH]c(-c4cc5c(-c6ccc(F)s6)nccc5[nH]4)c3c2)c1. The number of H-pyrrole nitrogens is 2. The van der Waals surface area contributed by atoms with Gasteiger partial charge in [0.05, 0.1) is 35.3 Å². The van der Waals surface area contributed by atoms with Gasteiger partial charge in [0.15, 0.2) is 10.8 Å². The second kappa shape index (κ2) is 7.24. The van der Waals surface area contributed by atoms with Gasteiger partial charge < -0.3 is 9.72 Å². The van der Waals surface area contributed by atoms with E-state index in [0.29, 0.717) is 11.4 Å². The third kappa shape index (κ3) is 3.02. The maximum Gasteiger partial charge on any atom is 0.181 e. The molecule has 0 unspecified atom stereocenters. The second-order valence-corrected chi connectivity index (χ2v) is 8.25. The zero-order valence-corrected chi connectivity index (χ0v) is 17.6. The topological polar surface area (TPSA) is 92.4 Å². The quantitative estimate of drug-likeness (QED) is 0.379. The Hall–Kier alpha value is -4.11. The molecule has 0 aliphatic heterocycles. The van der Waals surface area contributed by atoms with Crippen molar-refractivity contribution >= 4 is 33.3 Å². The summed E-state index contributed by atoms with van der Waals surface area (Å²) in [5.74, 6) is 0.677. The number of nitrogens with one attached hydrogen (secondary N) is 2. The molecular formula is C23H15FN6OS. The molecule has 156 valence electrons. The Bertz CT molecular complexity index is 1600. The molecule has 6 heterocycles. The van der Waals surface area contributed by atoms with Crippen LogP contribution in [0.4, 0.5) is 4.39 Å². The van der Waals surface area contributed by atoms with E-state index in [0.717, 1.165) is 60.7 Å². The highest BCUT2D eigenvalue weighted by atomic mass is 32.1. The summed E-state index contributed by atoms with van der Waals surface area (Å²) in [5.41, 5.74) is 5.71. The highest BCUT2D eigenvalue weighted by Gasteiger charge is 2.16. The summed E-state index contributed by atoms with van der Waals surface area (Å²) >= 11 is 1.08. The highest BCUT2D eigenvalue weighted by molar-refractivity contribution is 7.13. The van der Waals surface area contributed by atoms with Crippen LogP contribution in [0.1, 0.15) is 0 Å². The Balaban J connectivity index is 1.49. The van der Waals surface area contributed by atoms with Crippen LogP contribution in [0.5, 0.6) is 5.75 Å². The molecule has 0 amide bonds. The molecule has 0 aliphatic rings. The normalized spacial score (nSPS) is 11.4. The first-order valence-electron chi connectivity index (χ1n) is 9.77. The van der Waals surface area contributed by atoms with Crippen molar-refractivity contribution in [2.24, 2.45) is 0 Å². The van der Waals surface area contributed by atoms with Crippen molar-refractivity contribution in [2.75, 3.05) is 7.11 Å². The van der Waals surface area contributed by atoms with E-state index in [4.69, 9.17) is 4.74 Å². The molecular weight excluding hydrogens is 427 g/mol. The number of nitrogens with zero attached hydrogens (tertiary/aromatic N) is 4. The largest absolute Gasteiger partial charge is 0.495 e. The zero-order valence-electron chi connectivity index (χ0n) is 16.8. The van der Waals surface area contributed by atoms with Gasteiger partial charge in [-0.15, -0.1) is 11.3 Å². The van der Waals surface area contributed by atoms with Gasteiger partial charge in [-0.05, 0) is 36.4 Å². The lowest BCUT2D eigenvalue weighted by molar-refractivity contribution is 0.413. The third-order valence-electron chi connectivity index (χ3n) is 5.32. The maximum atomic E-state index is 13.6. The van der Waals surface area contributed by atoms with Gasteiger partial charge in [0, 0.05) is 46.0 Å². The Kier molecular flexibility index (Phi) is 4.22. The van der Waals surface area contributed by atoms with Crippen LogP contribution >= 0.6 is 11.3 Å². The maximum absolute atomic E-state index is 13.6. The summed E-state index contributed by atoms with van der Waals surface area (Å²) in [5, 5.41) is 8.99. The van der Waals surface area contributed by atoms with E-state index in [-0.39, 0.29) is 5.13 Å². The molecule has 0 bridgehead atoms. The van der Waals surface area contributed by atoms with Crippen LogP contribution in [0.25, 0.3) is 55.0 Å². The molecule has 0 saturated carbocycles. The van der Waals surface area contributed by atoms with E-state index >= 15 is 0 Å². The third-order valence-corrected chi connectivity index (χ3v) is 6.20. The summed E-state index contributed by atoms with van der Waals surface area (Å²) in [6.07, 6.45) is 6.92. The van der Waals surface area contributed by atoms with Crippen molar-refractivity contribution in [1.82, 2.24) is 30.1 Å². The summed E-state index contributed by atoms with van der Waals surface area (Å²) in [6.45, 7) is 0. The Morgan fingerprint density at radius 3 is 2.72 bits per heavy atom. The number of halogens is 1. The monoisotopic (exact) mass is 442 g/mol. The fraction of sp³-hybridized carbons (Fsp3) is 0.0435. The molecule has 0 saturated heterocycles. The van der Waals surface area contributed by atoms with Gasteiger partial charge in [0.2, 0.25) is 0 Å². The number of fused-ring (bicyclic) bond motifs is 2. The van der Waals surface area contributed by atoms with Gasteiger partial charge >= 0.3 is 0 Å². The standard InChI is InChI=1S/C23H15FN6OS/c1-31-14-6-12(9-25-11-14)13-7-16-21(29-30-23(16)27-10-13)18-8-15-17(28-18)4-5-26-22(15)19-2-3-20(24)32-19/h2-11,28H,1H3,(H,27,29,30). The highest BCUT2D eigenvalue weighted by Crippen LogP contribution is 2.35. The van der Waals surface area contributed by atoms with Crippen LogP contribution in [0, 0.1) is 5.13 Å². The molecule has 2 N–H and O–H groups in total. The molecule has 0 atom stereocenters. The van der Waals surface area contributed by atoms with Crippen molar-refractivity contribution in [3.8, 4) is 38.8 Å². The number of aromatic amines is 2. The molecule has 6 rings (SSSR count). The summed E-state index contributed by atoms with van der Waals surface area (Å²) in [6, 6.07) is 11.0. The van der Waals surface area contributed by atoms with Crippen LogP contribution in [0.15, 0.2) is 61.2 Å². The minimum atomic E-state index is -0.236. The molecule has 6 aromatic heterocycles. The van der Waals surface area contributed by atoms with Gasteiger partial charge in [0.1, 0.15) is 5.75 Å². The van der Waals surface area contributed by atoms with Crippen molar-refractivity contribution in [1.29, 1.82) is 0 Å². The predicted molar refractivity (Wildman–Crippen MR) is 122 cm³/mol. The Morgan fingerprint density at radius 2 is 1.88 bits per heavy atom. The van der Waals surface area contributed by atoms with Gasteiger partial charge in [-0.2, -0.15) is 9.49 Å². The summed E-state index contributed by atoms with van der Waals surface area (Å²) in [7, 11) is 1.61. The first-order chi connectivity index (χ1) is 15.7. The minimum Gasteiger partial charge on any atom is -0.495 e. The number of pyridine rings is 3. The van der Waals surface area contributed by atoms with E-state index in [1.807, 2.05) is 24.3 Å². The number of rotatable bonds is 4. The lowest BCUT2D eigenvalue weighted by Gasteiger charge is -2.04. The average Bonchev–Trinajstić information content (AvgIpc) is 3.55. The number of hydrogen-bond donors (Lipinski definition) is 2. The van der Waals surface area contributed by atoms with E-state index < -0.39 is 0 Å². The van der Waals surface area contributed by atoms with Gasteiger partial charge in [-0.1, -0.05) is 0 Å². The van der Waals surface area contributed by atoms with E-state index in [1.54, 1.807) is 38.0 Å². The first-order valence-corrected chi connectivity index (χ1v) is 10.6. The number of hydrogen-bond acceptors (Lipinski definition) is 6. The predicted octanol–water partition coefficient (Wildman–Crippen LogP) is 5.44. The lowest BCUT2D eigenvalue weighted by Crippen LogP contribution is -1.87. The van der Waals surface area contributed by atoms with Crippen molar-refractivity contribution in [3.05, 3.63) is 66.3 Å². The summed E-state index contributed by atoms with van der Waals surface area (Å²) in [4.78, 5) is 17.4. The van der Waals surface area contributed by atoms with Crippen LogP contribution in [-0.2, 0) is 0 Å². The minimum absolute atomic E-state index is 0.236. The van der Waals surface area contributed by atoms with Gasteiger partial charge in [-0.3, -0.25) is 15.1 Å². The molecule has 9 heteroatoms. The first kappa shape index (κ1) is 18.6. The smallest absolute Gasteiger partial charge is 0.181 e. The van der Waals surface area contributed by atoms with E-state index in [1.165, 1.54) is 6.07 Å². The van der Waals surface area contributed by atoms with Crippen LogP contribution in [0.2, 0.25) is 0 Å². The van der Waals surface area contributed by atoms with Crippen molar-refractivity contribution in [2.45, 2.75) is 0 Å². The van der Waals surface area contributed by atoms with Crippen LogP contribution in [0.3, 0.4) is 0 Å². The fourth-order valence-corrected chi connectivity index (χ4v) is 4.52. The number of thiophene rings is 1. The van der Waals surface area contributed by atoms with Crippen molar-refractivity contribution in [3.63, 3.8) is 0 Å². The fourth-order valence-electron chi connectivity index (χ4n) is 3.78. The Morgan fingerprint density at radius 1 is 0.969 bits per heavy atom. The molecule has 7 nitrogen and oxygen atoms in total. The summed E-state index contributed by atoms with van der Waals surface area (Å²) < 4.78 is 18.9. The number of aromatic nitrogens is 6. The number of methoxy groups -OCH3 is 1. The molecule has 6 aromatic rings. The lowest BCUT2D eigenvalue weighted by atomic mass is 10.1. The molecule has 32 heavy (non-hydrogen) atoms. The molecule has 0 radical (unpaired) electrons. The van der Waals surface area contributed by atoms with Crippen LogP contribution in [-0.4, -0.2) is 37.2 Å². The van der Waals surface area contributed by atoms with E-state index in [9.17, 15) is 4.39 Å². The molecule has 0 fully saturated rings. The molecule has 0 spiro atoms. The van der Waals surface area contributed by atoms with Gasteiger partial charge in [0.25, 0.3) is 0 Å². The average molecular weight is 442 g/mol. The Labute approximate surface area is 185 Å². The zero-order chi connectivity index (χ0) is 21.7. The van der Waals surface area contributed by atoms with E-state index in [2.05, 4.69) is 30.1 Å². The van der Waals surface area contributed by atoms with Crippen LogP contribution < -0.4 is 4.74 Å². The second-order valence-electron chi connectivity index (χ2n) is 7.21. The number of ether oxygens (including phenoxy) is 1.